The van der Waals surface area contributed by atoms with Gasteiger partial charge >= 0.3 is 0 Å². The summed E-state index contributed by atoms with van der Waals surface area (Å²) in [6, 6.07) is 10.8. The quantitative estimate of drug-likeness (QED) is 0.870. The summed E-state index contributed by atoms with van der Waals surface area (Å²) in [6.45, 7) is 1.67. The molecule has 2 aromatic carbocycles. The lowest BCUT2D eigenvalue weighted by atomic mass is 10.1. The first-order valence-corrected chi connectivity index (χ1v) is 7.22. The van der Waals surface area contributed by atoms with Gasteiger partial charge in [-0.25, -0.2) is 0 Å². The number of methoxy groups -OCH3 is 2. The fraction of sp³-hybridized carbons (Fsp3) is 0.250. The maximum atomic E-state index is 9.95. The van der Waals surface area contributed by atoms with Gasteiger partial charge in [0.05, 0.1) is 30.4 Å². The van der Waals surface area contributed by atoms with Crippen LogP contribution in [0.4, 0.5) is 0 Å². The minimum Gasteiger partial charge on any atom is -0.497 e. The van der Waals surface area contributed by atoms with Crippen molar-refractivity contribution in [3.8, 4) is 23.0 Å². The third kappa shape index (κ3) is 3.49. The summed E-state index contributed by atoms with van der Waals surface area (Å²) in [6.07, 6.45) is -0.701. The standard InChI is InChI=1S/C16H17BrO4/c1-10(18)16-14(20-3)5-4-6-15(16)21-13-8-7-11(19-2)9-12(13)17/h4-10,18H,1-3H3. The normalized spacial score (nSPS) is 11.9. The third-order valence-electron chi connectivity index (χ3n) is 3.02. The molecule has 1 N–H and O–H groups in total. The highest BCUT2D eigenvalue weighted by molar-refractivity contribution is 9.10. The van der Waals surface area contributed by atoms with E-state index in [1.165, 1.54) is 0 Å². The topological polar surface area (TPSA) is 47.9 Å². The van der Waals surface area contributed by atoms with Crippen molar-refractivity contribution in [2.45, 2.75) is 13.0 Å². The van der Waals surface area contributed by atoms with Crippen molar-refractivity contribution in [2.75, 3.05) is 14.2 Å². The van der Waals surface area contributed by atoms with Crippen molar-refractivity contribution in [1.82, 2.24) is 0 Å². The van der Waals surface area contributed by atoms with E-state index in [4.69, 9.17) is 14.2 Å². The zero-order chi connectivity index (χ0) is 15.4. The van der Waals surface area contributed by atoms with E-state index in [1.807, 2.05) is 18.2 Å². The molecule has 112 valence electrons. The predicted octanol–water partition coefficient (Wildman–Crippen LogP) is 4.31. The molecule has 0 spiro atoms. The maximum absolute atomic E-state index is 9.95. The van der Waals surface area contributed by atoms with Crippen LogP contribution in [0.25, 0.3) is 0 Å². The molecule has 0 fully saturated rings. The fourth-order valence-corrected chi connectivity index (χ4v) is 2.45. The van der Waals surface area contributed by atoms with Crippen LogP contribution in [-0.4, -0.2) is 19.3 Å². The van der Waals surface area contributed by atoms with E-state index in [2.05, 4.69) is 15.9 Å². The van der Waals surface area contributed by atoms with Crippen LogP contribution in [0.1, 0.15) is 18.6 Å². The molecule has 0 heterocycles. The van der Waals surface area contributed by atoms with Crippen LogP contribution in [0.15, 0.2) is 40.9 Å². The van der Waals surface area contributed by atoms with Crippen LogP contribution in [0, 0.1) is 0 Å². The molecule has 0 bridgehead atoms. The highest BCUT2D eigenvalue weighted by Crippen LogP contribution is 2.39. The van der Waals surface area contributed by atoms with Crippen LogP contribution in [-0.2, 0) is 0 Å². The van der Waals surface area contributed by atoms with Gasteiger partial charge in [0.1, 0.15) is 23.0 Å². The van der Waals surface area contributed by atoms with Gasteiger partial charge < -0.3 is 19.3 Å². The van der Waals surface area contributed by atoms with E-state index in [0.29, 0.717) is 22.8 Å². The van der Waals surface area contributed by atoms with Gasteiger partial charge in [0.2, 0.25) is 0 Å². The van der Waals surface area contributed by atoms with E-state index in [9.17, 15) is 5.11 Å². The van der Waals surface area contributed by atoms with E-state index in [-0.39, 0.29) is 0 Å². The first kappa shape index (κ1) is 15.7. The fourth-order valence-electron chi connectivity index (χ4n) is 2.01. The number of ether oxygens (including phenoxy) is 3. The summed E-state index contributed by atoms with van der Waals surface area (Å²) in [7, 11) is 3.17. The largest absolute Gasteiger partial charge is 0.497 e. The Hall–Kier alpha value is -1.72. The third-order valence-corrected chi connectivity index (χ3v) is 3.64. The molecule has 0 amide bonds. The molecule has 2 aromatic rings. The minimum absolute atomic E-state index is 0.551. The summed E-state index contributed by atoms with van der Waals surface area (Å²) in [5, 5.41) is 9.95. The summed E-state index contributed by atoms with van der Waals surface area (Å²) >= 11 is 3.44. The van der Waals surface area contributed by atoms with Crippen molar-refractivity contribution < 1.29 is 19.3 Å². The van der Waals surface area contributed by atoms with Crippen molar-refractivity contribution >= 4 is 15.9 Å². The van der Waals surface area contributed by atoms with Crippen LogP contribution < -0.4 is 14.2 Å². The highest BCUT2D eigenvalue weighted by Gasteiger charge is 2.16. The van der Waals surface area contributed by atoms with Gasteiger partial charge in [-0.05, 0) is 53.2 Å². The van der Waals surface area contributed by atoms with Crippen LogP contribution in [0.2, 0.25) is 0 Å². The number of aliphatic hydroxyl groups is 1. The van der Waals surface area contributed by atoms with Crippen LogP contribution in [0.5, 0.6) is 23.0 Å². The van der Waals surface area contributed by atoms with Gasteiger partial charge in [-0.3, -0.25) is 0 Å². The minimum atomic E-state index is -0.701. The summed E-state index contributed by atoms with van der Waals surface area (Å²) < 4.78 is 17.1. The highest BCUT2D eigenvalue weighted by atomic mass is 79.9. The van der Waals surface area contributed by atoms with Gasteiger partial charge in [-0.1, -0.05) is 6.07 Å². The Morgan fingerprint density at radius 2 is 1.71 bits per heavy atom. The van der Waals surface area contributed by atoms with E-state index >= 15 is 0 Å². The van der Waals surface area contributed by atoms with E-state index in [0.717, 1.165) is 10.2 Å². The molecule has 0 radical (unpaired) electrons. The summed E-state index contributed by atoms with van der Waals surface area (Å²) in [5.74, 6) is 2.50. The van der Waals surface area contributed by atoms with Crippen molar-refractivity contribution in [3.63, 3.8) is 0 Å². The average Bonchev–Trinajstić information content (AvgIpc) is 2.48. The summed E-state index contributed by atoms with van der Waals surface area (Å²) in [4.78, 5) is 0. The lowest BCUT2D eigenvalue weighted by Gasteiger charge is -2.17. The Balaban J connectivity index is 2.40. The number of hydrogen-bond acceptors (Lipinski definition) is 4. The Morgan fingerprint density at radius 3 is 2.29 bits per heavy atom. The molecule has 1 atom stereocenters. The van der Waals surface area contributed by atoms with Crippen molar-refractivity contribution in [3.05, 3.63) is 46.4 Å². The Morgan fingerprint density at radius 1 is 1.00 bits per heavy atom. The molecule has 2 rings (SSSR count). The molecule has 1 unspecified atom stereocenters. The molecule has 4 nitrogen and oxygen atoms in total. The lowest BCUT2D eigenvalue weighted by molar-refractivity contribution is 0.190. The molecule has 21 heavy (non-hydrogen) atoms. The number of halogens is 1. The summed E-state index contributed by atoms with van der Waals surface area (Å²) in [5.41, 5.74) is 0.614. The molecule has 0 aliphatic carbocycles. The number of aliphatic hydroxyl groups excluding tert-OH is 1. The van der Waals surface area contributed by atoms with Crippen LogP contribution >= 0.6 is 15.9 Å². The first-order chi connectivity index (χ1) is 10.1. The lowest BCUT2D eigenvalue weighted by Crippen LogP contribution is -2.00. The second-order valence-electron chi connectivity index (χ2n) is 4.45. The molecule has 0 aliphatic heterocycles. The average molecular weight is 353 g/mol. The van der Waals surface area contributed by atoms with Crippen molar-refractivity contribution in [1.29, 1.82) is 0 Å². The smallest absolute Gasteiger partial charge is 0.141 e. The SMILES string of the molecule is COc1ccc(Oc2cccc(OC)c2C(C)O)c(Br)c1. The second-order valence-corrected chi connectivity index (χ2v) is 5.30. The maximum Gasteiger partial charge on any atom is 0.141 e. The van der Waals surface area contributed by atoms with Gasteiger partial charge in [-0.15, -0.1) is 0 Å². The van der Waals surface area contributed by atoms with Crippen LogP contribution in [0.3, 0.4) is 0 Å². The molecular weight excluding hydrogens is 336 g/mol. The van der Waals surface area contributed by atoms with Gasteiger partial charge in [0.25, 0.3) is 0 Å². The zero-order valence-electron chi connectivity index (χ0n) is 12.1. The first-order valence-electron chi connectivity index (χ1n) is 6.43. The monoisotopic (exact) mass is 352 g/mol. The molecule has 0 aliphatic rings. The molecule has 0 saturated carbocycles. The molecular formula is C16H17BrO4. The Kier molecular flexibility index (Phi) is 5.09. The Labute approximate surface area is 132 Å². The van der Waals surface area contributed by atoms with Gasteiger partial charge in [0, 0.05) is 0 Å². The predicted molar refractivity (Wildman–Crippen MR) is 84.4 cm³/mol. The second kappa shape index (κ2) is 6.83. The van der Waals surface area contributed by atoms with Crippen molar-refractivity contribution in [2.24, 2.45) is 0 Å². The van der Waals surface area contributed by atoms with Gasteiger partial charge in [-0.2, -0.15) is 0 Å². The molecule has 5 heteroatoms. The number of rotatable bonds is 5. The number of hydrogen-bond donors (Lipinski definition) is 1. The zero-order valence-corrected chi connectivity index (χ0v) is 13.7. The molecule has 0 saturated heterocycles. The number of benzene rings is 2. The van der Waals surface area contributed by atoms with E-state index in [1.54, 1.807) is 39.3 Å². The Bertz CT molecular complexity index is 626. The van der Waals surface area contributed by atoms with Gasteiger partial charge in [0.15, 0.2) is 0 Å². The molecule has 0 aromatic heterocycles. The van der Waals surface area contributed by atoms with E-state index < -0.39 is 6.10 Å².